The lowest BCUT2D eigenvalue weighted by Crippen LogP contribution is -2.47. The SMILES string of the molecule is CC(C)(C)NC(=O)CCNC(=O)N1C[C@H](O)C[C@H]1C(=O)O. The van der Waals surface area contributed by atoms with Crippen LogP contribution < -0.4 is 10.6 Å². The first-order chi connectivity index (χ1) is 9.60. The summed E-state index contributed by atoms with van der Waals surface area (Å²) in [4.78, 5) is 35.5. The van der Waals surface area contributed by atoms with Gasteiger partial charge in [0.2, 0.25) is 5.91 Å². The van der Waals surface area contributed by atoms with E-state index in [9.17, 15) is 19.5 Å². The van der Waals surface area contributed by atoms with E-state index in [0.29, 0.717) is 0 Å². The zero-order valence-corrected chi connectivity index (χ0v) is 12.5. The van der Waals surface area contributed by atoms with Gasteiger partial charge in [-0.3, -0.25) is 4.79 Å². The van der Waals surface area contributed by atoms with Crippen molar-refractivity contribution in [2.75, 3.05) is 13.1 Å². The molecule has 1 aliphatic heterocycles. The van der Waals surface area contributed by atoms with Crippen LogP contribution in [-0.4, -0.2) is 63.8 Å². The molecule has 1 fully saturated rings. The van der Waals surface area contributed by atoms with Crippen molar-refractivity contribution in [2.45, 2.75) is 51.3 Å². The minimum atomic E-state index is -1.15. The fourth-order valence-electron chi connectivity index (χ4n) is 2.14. The summed E-state index contributed by atoms with van der Waals surface area (Å²) in [7, 11) is 0. The van der Waals surface area contributed by atoms with E-state index in [-0.39, 0.29) is 37.4 Å². The van der Waals surface area contributed by atoms with Gasteiger partial charge in [-0.05, 0) is 20.8 Å². The molecular weight excluding hydrogens is 278 g/mol. The molecule has 3 amide bonds. The molecule has 0 radical (unpaired) electrons. The average Bonchev–Trinajstić information content (AvgIpc) is 2.69. The summed E-state index contributed by atoms with van der Waals surface area (Å²) in [6, 6.07) is -1.61. The number of β-amino-alcohol motifs (C(OH)–C–C–N with tert-alkyl or cyclic N) is 1. The summed E-state index contributed by atoms with van der Waals surface area (Å²) in [6.07, 6.45) is -0.703. The Bertz CT molecular complexity index is 419. The predicted octanol–water partition coefficient (Wildman–Crippen LogP) is -0.479. The molecule has 0 saturated carbocycles. The van der Waals surface area contributed by atoms with Crippen LogP contribution in [0, 0.1) is 0 Å². The maximum Gasteiger partial charge on any atom is 0.326 e. The molecule has 4 N–H and O–H groups in total. The number of carbonyl (C=O) groups is 3. The first kappa shape index (κ1) is 17.2. The third-order valence-electron chi connectivity index (χ3n) is 2.97. The van der Waals surface area contributed by atoms with Gasteiger partial charge in [-0.2, -0.15) is 0 Å². The minimum absolute atomic E-state index is 0.0169. The van der Waals surface area contributed by atoms with E-state index in [1.54, 1.807) is 0 Å². The number of hydrogen-bond donors (Lipinski definition) is 4. The number of aliphatic hydroxyl groups is 1. The predicted molar refractivity (Wildman–Crippen MR) is 74.7 cm³/mol. The molecule has 1 saturated heterocycles. The molecule has 0 spiro atoms. The highest BCUT2D eigenvalue weighted by molar-refractivity contribution is 5.84. The van der Waals surface area contributed by atoms with Gasteiger partial charge in [0, 0.05) is 31.5 Å². The van der Waals surface area contributed by atoms with E-state index in [4.69, 9.17) is 5.11 Å². The van der Waals surface area contributed by atoms with Gasteiger partial charge in [0.05, 0.1) is 6.10 Å². The molecule has 1 aliphatic rings. The molecule has 0 aromatic rings. The number of carboxylic acid groups (broad SMARTS) is 1. The standard InChI is InChI=1S/C13H23N3O5/c1-13(2,3)15-10(18)4-5-14-12(21)16-7-8(17)6-9(16)11(19)20/h8-9,17H,4-7H2,1-3H3,(H,14,21)(H,15,18)(H,19,20)/t8-,9+/m1/s1. The Labute approximate surface area is 123 Å². The van der Waals surface area contributed by atoms with Crippen LogP contribution >= 0.6 is 0 Å². The van der Waals surface area contributed by atoms with Crippen molar-refractivity contribution in [3.05, 3.63) is 0 Å². The van der Waals surface area contributed by atoms with E-state index >= 15 is 0 Å². The van der Waals surface area contributed by atoms with E-state index in [1.807, 2.05) is 20.8 Å². The topological polar surface area (TPSA) is 119 Å². The van der Waals surface area contributed by atoms with Crippen molar-refractivity contribution in [3.8, 4) is 0 Å². The number of aliphatic hydroxyl groups excluding tert-OH is 1. The molecule has 8 heteroatoms. The maximum atomic E-state index is 11.9. The smallest absolute Gasteiger partial charge is 0.326 e. The Hall–Kier alpha value is -1.83. The molecule has 0 aliphatic carbocycles. The van der Waals surface area contributed by atoms with Crippen LogP contribution in [0.4, 0.5) is 4.79 Å². The summed E-state index contributed by atoms with van der Waals surface area (Å²) in [6.45, 7) is 5.66. The molecule has 21 heavy (non-hydrogen) atoms. The van der Waals surface area contributed by atoms with Crippen molar-refractivity contribution in [2.24, 2.45) is 0 Å². The lowest BCUT2D eigenvalue weighted by atomic mass is 10.1. The van der Waals surface area contributed by atoms with Gasteiger partial charge in [-0.25, -0.2) is 9.59 Å². The Morgan fingerprint density at radius 3 is 2.43 bits per heavy atom. The Kier molecular flexibility index (Phi) is 5.54. The molecule has 0 bridgehead atoms. The zero-order chi connectivity index (χ0) is 16.2. The van der Waals surface area contributed by atoms with Crippen LogP contribution in [0.15, 0.2) is 0 Å². The fraction of sp³-hybridized carbons (Fsp3) is 0.769. The number of carboxylic acids is 1. The Morgan fingerprint density at radius 2 is 1.90 bits per heavy atom. The number of rotatable bonds is 4. The van der Waals surface area contributed by atoms with Gasteiger partial charge >= 0.3 is 12.0 Å². The first-order valence-electron chi connectivity index (χ1n) is 6.86. The van der Waals surface area contributed by atoms with Gasteiger partial charge < -0.3 is 25.7 Å². The lowest BCUT2D eigenvalue weighted by Gasteiger charge is -2.22. The number of carbonyl (C=O) groups excluding carboxylic acids is 2. The highest BCUT2D eigenvalue weighted by atomic mass is 16.4. The third-order valence-corrected chi connectivity index (χ3v) is 2.97. The number of nitrogens with zero attached hydrogens (tertiary/aromatic N) is 1. The second-order valence-electron chi connectivity index (χ2n) is 6.18. The molecule has 8 nitrogen and oxygen atoms in total. The average molecular weight is 301 g/mol. The van der Waals surface area contributed by atoms with Gasteiger partial charge in [0.25, 0.3) is 0 Å². The van der Waals surface area contributed by atoms with Crippen molar-refractivity contribution in [1.82, 2.24) is 15.5 Å². The van der Waals surface area contributed by atoms with Crippen molar-refractivity contribution in [1.29, 1.82) is 0 Å². The zero-order valence-electron chi connectivity index (χ0n) is 12.5. The quantitative estimate of drug-likeness (QED) is 0.559. The summed E-state index contributed by atoms with van der Waals surface area (Å²) >= 11 is 0. The second kappa shape index (κ2) is 6.75. The number of nitrogens with one attached hydrogen (secondary N) is 2. The summed E-state index contributed by atoms with van der Waals surface area (Å²) in [5.41, 5.74) is -0.339. The molecule has 1 heterocycles. The summed E-state index contributed by atoms with van der Waals surface area (Å²) in [5, 5.41) is 23.7. The Morgan fingerprint density at radius 1 is 1.29 bits per heavy atom. The van der Waals surface area contributed by atoms with Crippen LogP contribution in [-0.2, 0) is 9.59 Å². The molecule has 0 unspecified atom stereocenters. The van der Waals surface area contributed by atoms with Crippen LogP contribution in [0.25, 0.3) is 0 Å². The van der Waals surface area contributed by atoms with Crippen LogP contribution in [0.1, 0.15) is 33.6 Å². The highest BCUT2D eigenvalue weighted by Gasteiger charge is 2.38. The van der Waals surface area contributed by atoms with Crippen molar-refractivity contribution >= 4 is 17.9 Å². The molecule has 1 rings (SSSR count). The molecular formula is C13H23N3O5. The highest BCUT2D eigenvalue weighted by Crippen LogP contribution is 2.17. The fourth-order valence-corrected chi connectivity index (χ4v) is 2.14. The van der Waals surface area contributed by atoms with E-state index in [2.05, 4.69) is 10.6 Å². The second-order valence-corrected chi connectivity index (χ2v) is 6.18. The maximum absolute atomic E-state index is 11.9. The molecule has 0 aromatic heterocycles. The van der Waals surface area contributed by atoms with E-state index in [1.165, 1.54) is 0 Å². The van der Waals surface area contributed by atoms with Crippen molar-refractivity contribution < 1.29 is 24.6 Å². The largest absolute Gasteiger partial charge is 0.480 e. The first-order valence-corrected chi connectivity index (χ1v) is 6.86. The van der Waals surface area contributed by atoms with E-state index < -0.39 is 24.1 Å². The van der Waals surface area contributed by atoms with Gasteiger partial charge in [0.15, 0.2) is 0 Å². The number of urea groups is 1. The summed E-state index contributed by atoms with van der Waals surface area (Å²) < 4.78 is 0. The molecule has 2 atom stereocenters. The number of hydrogen-bond acceptors (Lipinski definition) is 4. The van der Waals surface area contributed by atoms with Gasteiger partial charge in [-0.15, -0.1) is 0 Å². The molecule has 0 aromatic carbocycles. The summed E-state index contributed by atoms with van der Waals surface area (Å²) in [5.74, 6) is -1.34. The lowest BCUT2D eigenvalue weighted by molar-refractivity contribution is -0.141. The number of amides is 3. The van der Waals surface area contributed by atoms with Gasteiger partial charge in [0.1, 0.15) is 6.04 Å². The molecule has 120 valence electrons. The number of aliphatic carboxylic acids is 1. The van der Waals surface area contributed by atoms with Crippen LogP contribution in [0.2, 0.25) is 0 Å². The minimum Gasteiger partial charge on any atom is -0.480 e. The Balaban J connectivity index is 2.40. The van der Waals surface area contributed by atoms with Crippen molar-refractivity contribution in [3.63, 3.8) is 0 Å². The van der Waals surface area contributed by atoms with E-state index in [0.717, 1.165) is 4.90 Å². The number of likely N-dealkylation sites (tertiary alicyclic amines) is 1. The van der Waals surface area contributed by atoms with Crippen LogP contribution in [0.5, 0.6) is 0 Å². The monoisotopic (exact) mass is 301 g/mol. The normalized spacial score (nSPS) is 22.0. The van der Waals surface area contributed by atoms with Crippen LogP contribution in [0.3, 0.4) is 0 Å². The third kappa shape index (κ3) is 5.58. The van der Waals surface area contributed by atoms with Gasteiger partial charge in [-0.1, -0.05) is 0 Å².